The molecule has 2 aliphatic rings. The molecule has 2 aromatic carbocycles. The van der Waals surface area contributed by atoms with Gasteiger partial charge in [-0.15, -0.1) is 11.3 Å². The number of carbonyl (C=O) groups excluding carboxylic acids is 3. The summed E-state index contributed by atoms with van der Waals surface area (Å²) in [4.78, 5) is 55.2. The number of benzene rings is 2. The molecule has 1 aliphatic heterocycles. The van der Waals surface area contributed by atoms with Gasteiger partial charge in [-0.1, -0.05) is 6.07 Å². The van der Waals surface area contributed by atoms with E-state index in [0.29, 0.717) is 37.6 Å². The molecule has 2 fully saturated rings. The average Bonchev–Trinajstić information content (AvgIpc) is 3.71. The molecule has 214 valence electrons. The Kier molecular flexibility index (Phi) is 8.63. The largest absolute Gasteiger partial charge is 0.481 e. The summed E-state index contributed by atoms with van der Waals surface area (Å²) in [6, 6.07) is 13.0. The normalized spacial score (nSPS) is 16.0. The summed E-state index contributed by atoms with van der Waals surface area (Å²) in [5.74, 6) is -2.11. The molecule has 5 rings (SSSR count). The van der Waals surface area contributed by atoms with Crippen molar-refractivity contribution >= 4 is 46.4 Å². The molecular formula is C30H31FN4O5S. The van der Waals surface area contributed by atoms with Crippen LogP contribution in [0.3, 0.4) is 0 Å². The van der Waals surface area contributed by atoms with Gasteiger partial charge in [-0.3, -0.25) is 19.2 Å². The number of anilines is 2. The number of nitrogens with one attached hydrogen (secondary N) is 2. The van der Waals surface area contributed by atoms with Crippen LogP contribution in [0.2, 0.25) is 0 Å². The van der Waals surface area contributed by atoms with Crippen LogP contribution in [-0.4, -0.2) is 59.9 Å². The Bertz CT molecular complexity index is 1430. The Morgan fingerprint density at radius 1 is 0.951 bits per heavy atom. The van der Waals surface area contributed by atoms with Crippen LogP contribution in [0.15, 0.2) is 60.0 Å². The number of hydrogen-bond donors (Lipinski definition) is 3. The maximum Gasteiger partial charge on any atom is 0.305 e. The van der Waals surface area contributed by atoms with Gasteiger partial charge in [0, 0.05) is 48.1 Å². The van der Waals surface area contributed by atoms with E-state index in [0.717, 1.165) is 24.1 Å². The lowest BCUT2D eigenvalue weighted by atomic mass is 10.1. The van der Waals surface area contributed by atoms with Gasteiger partial charge in [0.1, 0.15) is 5.82 Å². The predicted octanol–water partition coefficient (Wildman–Crippen LogP) is 4.53. The predicted molar refractivity (Wildman–Crippen MR) is 154 cm³/mol. The Hall–Kier alpha value is -4.25. The van der Waals surface area contributed by atoms with Crippen molar-refractivity contribution in [3.8, 4) is 0 Å². The highest BCUT2D eigenvalue weighted by Gasteiger charge is 2.34. The van der Waals surface area contributed by atoms with Crippen molar-refractivity contribution < 1.29 is 28.7 Å². The van der Waals surface area contributed by atoms with Crippen molar-refractivity contribution in [2.24, 2.45) is 5.92 Å². The van der Waals surface area contributed by atoms with E-state index in [9.17, 15) is 28.7 Å². The molecule has 3 amide bonds. The van der Waals surface area contributed by atoms with Crippen LogP contribution in [0.25, 0.3) is 0 Å². The molecule has 1 aliphatic carbocycles. The number of thiophene rings is 1. The zero-order valence-electron chi connectivity index (χ0n) is 22.3. The summed E-state index contributed by atoms with van der Waals surface area (Å²) < 4.78 is 13.4. The topological polar surface area (TPSA) is 119 Å². The van der Waals surface area contributed by atoms with Gasteiger partial charge in [0.2, 0.25) is 5.91 Å². The first-order valence-corrected chi connectivity index (χ1v) is 14.5. The molecule has 0 radical (unpaired) electrons. The maximum absolute atomic E-state index is 13.4. The summed E-state index contributed by atoms with van der Waals surface area (Å²) >= 11 is 1.35. The van der Waals surface area contributed by atoms with E-state index < -0.39 is 29.6 Å². The number of aliphatic carboxylic acids is 1. The summed E-state index contributed by atoms with van der Waals surface area (Å²) in [7, 11) is 0. The van der Waals surface area contributed by atoms with Gasteiger partial charge < -0.3 is 25.5 Å². The zero-order valence-corrected chi connectivity index (χ0v) is 23.2. The number of halogens is 1. The first kappa shape index (κ1) is 28.3. The van der Waals surface area contributed by atoms with E-state index in [4.69, 9.17) is 0 Å². The molecule has 2 heterocycles. The lowest BCUT2D eigenvalue weighted by Gasteiger charge is -2.27. The average molecular weight is 579 g/mol. The fourth-order valence-corrected chi connectivity index (χ4v) is 5.72. The number of carboxylic acid groups (broad SMARTS) is 1. The van der Waals surface area contributed by atoms with Gasteiger partial charge in [-0.25, -0.2) is 4.39 Å². The van der Waals surface area contributed by atoms with Crippen molar-refractivity contribution in [1.29, 1.82) is 0 Å². The number of nitrogens with zero attached hydrogens (tertiary/aromatic N) is 2. The van der Waals surface area contributed by atoms with E-state index >= 15 is 0 Å². The number of rotatable bonds is 9. The van der Waals surface area contributed by atoms with Crippen molar-refractivity contribution in [3.63, 3.8) is 0 Å². The van der Waals surface area contributed by atoms with E-state index in [1.807, 2.05) is 10.3 Å². The van der Waals surface area contributed by atoms with Crippen molar-refractivity contribution in [3.05, 3.63) is 81.8 Å². The van der Waals surface area contributed by atoms with E-state index in [2.05, 4.69) is 15.5 Å². The van der Waals surface area contributed by atoms with E-state index in [1.54, 1.807) is 30.3 Å². The lowest BCUT2D eigenvalue weighted by molar-refractivity contribution is -0.137. The van der Waals surface area contributed by atoms with Gasteiger partial charge in [0.05, 0.1) is 23.8 Å². The third-order valence-corrected chi connectivity index (χ3v) is 8.24. The fourth-order valence-electron chi connectivity index (χ4n) is 4.94. The molecule has 1 saturated heterocycles. The maximum atomic E-state index is 13.4. The highest BCUT2D eigenvalue weighted by Crippen LogP contribution is 2.33. The Balaban J connectivity index is 1.40. The Labute approximate surface area is 241 Å². The molecule has 1 saturated carbocycles. The molecule has 41 heavy (non-hydrogen) atoms. The third kappa shape index (κ3) is 7.10. The van der Waals surface area contributed by atoms with Gasteiger partial charge in [0.25, 0.3) is 11.8 Å². The molecule has 0 bridgehead atoms. The molecule has 0 spiro atoms. The van der Waals surface area contributed by atoms with Crippen LogP contribution in [0, 0.1) is 11.7 Å². The quantitative estimate of drug-likeness (QED) is 0.343. The second-order valence-corrected chi connectivity index (χ2v) is 11.3. The van der Waals surface area contributed by atoms with Crippen LogP contribution in [0.4, 0.5) is 15.8 Å². The Morgan fingerprint density at radius 2 is 1.71 bits per heavy atom. The summed E-state index contributed by atoms with van der Waals surface area (Å²) in [6.45, 7) is 2.43. The molecule has 1 atom stereocenters. The van der Waals surface area contributed by atoms with Crippen molar-refractivity contribution in [2.75, 3.05) is 36.4 Å². The van der Waals surface area contributed by atoms with Crippen LogP contribution >= 0.6 is 11.3 Å². The zero-order chi connectivity index (χ0) is 28.9. The molecule has 9 nitrogen and oxygen atoms in total. The first-order valence-electron chi connectivity index (χ1n) is 13.6. The summed E-state index contributed by atoms with van der Waals surface area (Å²) in [6.07, 6.45) is 2.37. The second-order valence-electron chi connectivity index (χ2n) is 10.3. The van der Waals surface area contributed by atoms with Crippen molar-refractivity contribution in [1.82, 2.24) is 10.2 Å². The number of hydrogen-bond acceptors (Lipinski definition) is 6. The van der Waals surface area contributed by atoms with Crippen LogP contribution in [-0.2, 0) is 9.59 Å². The third-order valence-electron chi connectivity index (χ3n) is 7.26. The minimum absolute atomic E-state index is 0.143. The standard InChI is InChI=1S/C30H31FN4O5S/c31-22-9-6-19(7-10-22)28(38)32-23-17-21(29(39)33-24(18-27(36)37)26-3-1-16-41-26)8-11-25(23)34-12-2-13-35(15-14-34)30(40)20-4-5-20/h1,3,6-11,16-17,20,24H,2,4-5,12-15,18H2,(H,32,38)(H,33,39)(H,36,37). The van der Waals surface area contributed by atoms with Gasteiger partial charge >= 0.3 is 5.97 Å². The molecular weight excluding hydrogens is 547 g/mol. The Morgan fingerprint density at radius 3 is 2.39 bits per heavy atom. The van der Waals surface area contributed by atoms with Gasteiger partial charge in [0.15, 0.2) is 0 Å². The van der Waals surface area contributed by atoms with Crippen LogP contribution in [0.1, 0.15) is 57.3 Å². The molecule has 1 aromatic heterocycles. The molecule has 1 unspecified atom stereocenters. The highest BCUT2D eigenvalue weighted by atomic mass is 32.1. The highest BCUT2D eigenvalue weighted by molar-refractivity contribution is 7.10. The van der Waals surface area contributed by atoms with E-state index in [-0.39, 0.29) is 29.4 Å². The number of carboxylic acids is 1. The summed E-state index contributed by atoms with van der Waals surface area (Å²) in [5.41, 5.74) is 1.58. The summed E-state index contributed by atoms with van der Waals surface area (Å²) in [5, 5.41) is 16.9. The fraction of sp³-hybridized carbons (Fsp3) is 0.333. The van der Waals surface area contributed by atoms with Crippen LogP contribution in [0.5, 0.6) is 0 Å². The van der Waals surface area contributed by atoms with Gasteiger partial charge in [-0.2, -0.15) is 0 Å². The second kappa shape index (κ2) is 12.5. The smallest absolute Gasteiger partial charge is 0.305 e. The van der Waals surface area contributed by atoms with E-state index in [1.165, 1.54) is 35.6 Å². The first-order chi connectivity index (χ1) is 19.8. The van der Waals surface area contributed by atoms with Crippen molar-refractivity contribution in [2.45, 2.75) is 31.7 Å². The SMILES string of the molecule is O=C(O)CC(NC(=O)c1ccc(N2CCCN(C(=O)C3CC3)CC2)c(NC(=O)c2ccc(F)cc2)c1)c1cccs1. The molecule has 3 aromatic rings. The number of carbonyl (C=O) groups is 4. The minimum Gasteiger partial charge on any atom is -0.481 e. The minimum atomic E-state index is -1.04. The lowest BCUT2D eigenvalue weighted by Crippen LogP contribution is -2.36. The monoisotopic (exact) mass is 578 g/mol. The number of amides is 3. The van der Waals surface area contributed by atoms with Gasteiger partial charge in [-0.05, 0) is 73.2 Å². The van der Waals surface area contributed by atoms with Crippen LogP contribution < -0.4 is 15.5 Å². The molecule has 11 heteroatoms. The molecule has 3 N–H and O–H groups in total.